The third-order valence-electron chi connectivity index (χ3n) is 29.7. The highest BCUT2D eigenvalue weighted by Crippen LogP contribution is 2.67. The van der Waals surface area contributed by atoms with Crippen LogP contribution in [0.2, 0.25) is 0 Å². The van der Waals surface area contributed by atoms with Gasteiger partial charge in [-0.3, -0.25) is 58.1 Å². The molecule has 5 heterocycles. The van der Waals surface area contributed by atoms with Crippen molar-refractivity contribution in [2.75, 3.05) is 44.7 Å². The molecule has 3 saturated carbocycles. The molecule has 3 aromatic rings. The predicted molar refractivity (Wildman–Crippen MR) is 506 cm³/mol. The molecule has 13 rings (SSSR count). The maximum Gasteiger partial charge on any atom is 0.407 e. The molecule has 5 aliphatic heterocycles. The number of unbranched alkanes of at least 4 members (excludes halogenated alkanes) is 1. The number of Topliss-reactive ketones (excluding diaryl/α,β-unsaturated/α-hetero) is 1. The van der Waals surface area contributed by atoms with Crippen LogP contribution in [0.4, 0.5) is 4.79 Å². The summed E-state index contributed by atoms with van der Waals surface area (Å²) in [6.07, 6.45) is 30.0. The van der Waals surface area contributed by atoms with E-state index in [-0.39, 0.29) is 91.8 Å². The number of primary amides is 1. The molecule has 29 nitrogen and oxygen atoms in total. The molecule has 10 aliphatic rings. The van der Waals surface area contributed by atoms with E-state index < -0.39 is 144 Å². The first-order valence-electron chi connectivity index (χ1n) is 47.7. The van der Waals surface area contributed by atoms with E-state index in [2.05, 4.69) is 93.9 Å². The van der Waals surface area contributed by atoms with Crippen molar-refractivity contribution < 1.29 is 72.5 Å². The number of nitrogens with one attached hydrogen (secondary N) is 10. The van der Waals surface area contributed by atoms with Crippen molar-refractivity contribution in [3.8, 4) is 5.75 Å². The molecule has 0 spiro atoms. The van der Waals surface area contributed by atoms with Gasteiger partial charge in [-0.25, -0.2) is 4.79 Å². The average molecular weight is 1840 g/mol. The molecule has 3 aromatic carbocycles. The van der Waals surface area contributed by atoms with Gasteiger partial charge in [0.2, 0.25) is 53.2 Å². The lowest BCUT2D eigenvalue weighted by atomic mass is 9.47. The molecule has 3 saturated heterocycles. The van der Waals surface area contributed by atoms with Crippen molar-refractivity contribution in [2.24, 2.45) is 63.9 Å². The fraction of sp³-hybridized carbons (Fsp3) is 0.600. The number of allylic oxidation sites excluding steroid dienone is 4. The molecule has 5 aliphatic carbocycles. The summed E-state index contributed by atoms with van der Waals surface area (Å²) in [4.78, 5) is 183. The zero-order chi connectivity index (χ0) is 93.5. The molecule has 0 aromatic heterocycles. The molecule has 14 N–H and O–H groups in total. The van der Waals surface area contributed by atoms with E-state index in [4.69, 9.17) is 10.5 Å². The molecule has 21 atom stereocenters. The van der Waals surface area contributed by atoms with Crippen LogP contribution < -0.4 is 58.9 Å². The lowest BCUT2D eigenvalue weighted by molar-refractivity contribution is -0.146. The van der Waals surface area contributed by atoms with Crippen LogP contribution in [0.3, 0.4) is 0 Å². The molecule has 131 heavy (non-hydrogen) atoms. The molecular formula is C100H138N14O15S2. The van der Waals surface area contributed by atoms with Crippen molar-refractivity contribution in [3.63, 3.8) is 0 Å². The normalized spacial score (nSPS) is 29.9. The van der Waals surface area contributed by atoms with E-state index in [1.807, 2.05) is 86.1 Å². The third kappa shape index (κ3) is 24.3. The second kappa shape index (κ2) is 44.7. The number of fused-ring (bicyclic) bond motifs is 7. The first kappa shape index (κ1) is 98.5. The standard InChI is InChI=1S/C100H138N14O15S2/c1-58(2)20-16-21-60(5)73-38-39-74-72-37-34-68-52-70(40-42-99(68,7)75(72)41-43-100(73,74)8)129-98(128)102-44-15-14-27-77-89(119)110-86(59(3)4)95(125)109-82(93(123)111-87(61(6)115)88(101)118)57-131-130-56-81(92(122)106-79(49-62-31-35-69(116)36-32-62)90(120)105-78(85(117)54-104-77)51-67-53-103-76-26-13-12-25-71(67)76)108-91(121)80(50-63-30-33-64-22-10-11-23-65(64)48-63)107-94(124)83-28-18-46-113(83)97(127)84-29-19-47-114(84)96(126)66-24-17-45-112(9)55-66/h10-13,17,22-23,25-26,30-36,45,48,53,55,58-61,70-84,86-87,103-104,115-116H,14-16,18-21,24,27-29,37-44,46-47,49-52,54,56-57H2,1-9H3,(H2,101,118)(H,102,128)(H,105,120)(H,106,122)(H,107,124)(H,108,121)(H,109,125)(H,110,119)(H,111,123). The van der Waals surface area contributed by atoms with Crippen LogP contribution in [0, 0.1) is 58.2 Å². The molecule has 21 unspecified atom stereocenters. The van der Waals surface area contributed by atoms with Crippen LogP contribution >= 0.6 is 21.6 Å². The Bertz CT molecular complexity index is 4860. The van der Waals surface area contributed by atoms with Crippen LogP contribution in [0.25, 0.3) is 10.8 Å². The molecular weight excluding hydrogens is 1700 g/mol. The summed E-state index contributed by atoms with van der Waals surface area (Å²) in [5, 5.41) is 52.3. The summed E-state index contributed by atoms with van der Waals surface area (Å²) in [7, 11) is 3.73. The van der Waals surface area contributed by atoms with E-state index in [1.54, 1.807) is 48.2 Å². The monoisotopic (exact) mass is 1840 g/mol. The third-order valence-corrected chi connectivity index (χ3v) is 32.2. The lowest BCUT2D eigenvalue weighted by Gasteiger charge is -2.58. The number of phenolic OH excluding ortho intramolecular Hbond substituents is 1. The van der Waals surface area contributed by atoms with Crippen LogP contribution in [0.1, 0.15) is 195 Å². The second-order valence-electron chi connectivity index (χ2n) is 39.5. The highest BCUT2D eigenvalue weighted by Gasteiger charge is 2.60. The number of benzene rings is 3. The Morgan fingerprint density at radius 2 is 1.44 bits per heavy atom. The number of hydrogen-bond acceptors (Lipinski definition) is 20. The number of aromatic hydroxyl groups is 1. The van der Waals surface area contributed by atoms with Crippen LogP contribution in [-0.4, -0.2) is 219 Å². The number of hydrogen-bond donors (Lipinski definition) is 13. The van der Waals surface area contributed by atoms with Gasteiger partial charge in [0, 0.05) is 75.1 Å². The number of ketones is 1. The van der Waals surface area contributed by atoms with Gasteiger partial charge in [-0.1, -0.05) is 186 Å². The molecule has 6 fully saturated rings. The Balaban J connectivity index is 0.749. The first-order chi connectivity index (χ1) is 62.7. The second-order valence-corrected chi connectivity index (χ2v) is 42.1. The van der Waals surface area contributed by atoms with Crippen molar-refractivity contribution in [1.29, 1.82) is 0 Å². The van der Waals surface area contributed by atoms with Crippen molar-refractivity contribution in [2.45, 2.75) is 275 Å². The Labute approximate surface area is 778 Å². The average Bonchev–Trinajstić information content (AvgIpc) is 1.63. The van der Waals surface area contributed by atoms with E-state index in [1.165, 1.54) is 74.5 Å². The topological polar surface area (TPSA) is 411 Å². The lowest BCUT2D eigenvalue weighted by Crippen LogP contribution is -2.61. The fourth-order valence-electron chi connectivity index (χ4n) is 22.5. The van der Waals surface area contributed by atoms with Crippen molar-refractivity contribution in [1.82, 2.24) is 67.9 Å². The number of carbonyl (C=O) groups excluding carboxylic acids is 12. The van der Waals surface area contributed by atoms with Gasteiger partial charge in [-0.2, -0.15) is 0 Å². The van der Waals surface area contributed by atoms with Crippen molar-refractivity contribution in [3.05, 3.63) is 150 Å². The molecule has 0 bridgehead atoms. The predicted octanol–water partition coefficient (Wildman–Crippen LogP) is 9.18. The molecule has 31 heteroatoms. The van der Waals surface area contributed by atoms with E-state index in [0.29, 0.717) is 85.4 Å². The number of alkyl carbamates (subject to hydrolysis) is 1. The highest BCUT2D eigenvalue weighted by atomic mass is 33.1. The first-order valence-corrected chi connectivity index (χ1v) is 50.2. The van der Waals surface area contributed by atoms with Gasteiger partial charge in [-0.15, -0.1) is 0 Å². The number of ether oxygens (including phenoxy) is 1. The highest BCUT2D eigenvalue weighted by molar-refractivity contribution is 8.76. The minimum atomic E-state index is -1.64. The van der Waals surface area contributed by atoms with E-state index in [0.717, 1.165) is 80.9 Å². The van der Waals surface area contributed by atoms with Crippen LogP contribution in [0.15, 0.2) is 139 Å². The summed E-state index contributed by atoms with van der Waals surface area (Å²) in [6.45, 7) is 17.0. The fourth-order valence-corrected chi connectivity index (χ4v) is 24.8. The zero-order valence-electron chi connectivity index (χ0n) is 77.4. The van der Waals surface area contributed by atoms with Gasteiger partial charge in [-0.05, 0) is 214 Å². The SMILES string of the molecule is CC(C)CCCC(C)C1CCC2C3CC=C4CC(OC(=O)NCCCCC5NCC(=O)C(CC6=CNC7C=CC=CC67)NC(=O)C(Cc6ccc(O)cc6)NC(=O)C(NC(=O)C(Cc6ccc7ccccc7c6)NC(=O)C6CCCN6C(=O)C6CCCN6C(=O)C6=CN(C)C=CC6)CSSCC(C(=O)NC(C(N)=O)C(C)O)NC(=O)C(C(C)C)NC5=O)CCC4(C)C3CCC12C. The number of nitrogens with zero attached hydrogens (tertiary/aromatic N) is 3. The number of aliphatic hydroxyl groups excluding tert-OH is 1. The Morgan fingerprint density at radius 1 is 0.710 bits per heavy atom. The smallest absolute Gasteiger partial charge is 0.407 e. The number of rotatable bonds is 28. The number of nitrogens with two attached hydrogens (primary N) is 1. The van der Waals surface area contributed by atoms with Crippen molar-refractivity contribution >= 4 is 103 Å². The number of phenols is 1. The summed E-state index contributed by atoms with van der Waals surface area (Å²) in [5.74, 6) is -5.58. The number of likely N-dealkylation sites (tertiary alicyclic amines) is 2. The van der Waals surface area contributed by atoms with E-state index >= 15 is 33.6 Å². The minimum Gasteiger partial charge on any atom is -0.508 e. The summed E-state index contributed by atoms with van der Waals surface area (Å²) in [5.41, 5.74) is 9.88. The minimum absolute atomic E-state index is 0.0485. The van der Waals surface area contributed by atoms with Crippen LogP contribution in [0.5, 0.6) is 5.75 Å². The summed E-state index contributed by atoms with van der Waals surface area (Å²) >= 11 is 0. The number of aliphatic hydroxyl groups is 1. The Kier molecular flexibility index (Phi) is 33.6. The van der Waals surface area contributed by atoms with Gasteiger partial charge in [0.25, 0.3) is 5.91 Å². The summed E-state index contributed by atoms with van der Waals surface area (Å²) in [6, 6.07) is 5.27. The molecule has 710 valence electrons. The number of amides is 11. The van der Waals surface area contributed by atoms with Gasteiger partial charge in [0.05, 0.1) is 30.8 Å². The largest absolute Gasteiger partial charge is 0.508 e. The Morgan fingerprint density at radius 3 is 2.18 bits per heavy atom. The van der Waals surface area contributed by atoms with Crippen LogP contribution in [-0.2, 0) is 70.3 Å². The zero-order valence-corrected chi connectivity index (χ0v) is 79.0. The Hall–Kier alpha value is -9.98. The summed E-state index contributed by atoms with van der Waals surface area (Å²) < 4.78 is 6.21. The van der Waals surface area contributed by atoms with Gasteiger partial charge in [0.15, 0.2) is 5.78 Å². The number of carbonyl (C=O) groups is 12. The van der Waals surface area contributed by atoms with Gasteiger partial charge >= 0.3 is 6.09 Å². The molecule has 0 radical (unpaired) electrons. The van der Waals surface area contributed by atoms with Gasteiger partial charge in [0.1, 0.15) is 60.2 Å². The maximum absolute atomic E-state index is 15.8. The maximum atomic E-state index is 15.8. The molecule has 11 amide bonds. The van der Waals surface area contributed by atoms with E-state index in [9.17, 15) is 34.2 Å². The van der Waals surface area contributed by atoms with Gasteiger partial charge < -0.3 is 83.2 Å². The quantitative estimate of drug-likeness (QED) is 0.0183.